The van der Waals surface area contributed by atoms with Crippen LogP contribution in [0.1, 0.15) is 10.4 Å². The van der Waals surface area contributed by atoms with Gasteiger partial charge < -0.3 is 19.6 Å². The third-order valence-corrected chi connectivity index (χ3v) is 3.59. The summed E-state index contributed by atoms with van der Waals surface area (Å²) in [5.74, 6) is -0.394. The van der Waals surface area contributed by atoms with Gasteiger partial charge in [0.2, 0.25) is 0 Å². The number of carbonyl (C=O) groups excluding carboxylic acids is 1. The minimum atomic E-state index is -0.394. The lowest BCUT2D eigenvalue weighted by Crippen LogP contribution is -2.20. The van der Waals surface area contributed by atoms with Gasteiger partial charge in [0.25, 0.3) is 5.56 Å². The summed E-state index contributed by atoms with van der Waals surface area (Å²) < 4.78 is 8.05. The van der Waals surface area contributed by atoms with E-state index < -0.39 is 5.97 Å². The van der Waals surface area contributed by atoms with Gasteiger partial charge in [0.1, 0.15) is 0 Å². The Balaban J connectivity index is 2.23. The number of hydrogen-bond acceptors (Lipinski definition) is 4. The van der Waals surface area contributed by atoms with Crippen LogP contribution >= 0.6 is 0 Å². The van der Waals surface area contributed by atoms with Crippen LogP contribution in [0.2, 0.25) is 0 Å². The molecule has 2 aromatic heterocycles. The van der Waals surface area contributed by atoms with Crippen molar-refractivity contribution in [3.8, 4) is 5.69 Å². The lowest BCUT2D eigenvalue weighted by Gasteiger charge is -2.09. The molecule has 112 valence electrons. The van der Waals surface area contributed by atoms with Crippen LogP contribution < -0.4 is 11.3 Å². The Morgan fingerprint density at radius 1 is 1.23 bits per heavy atom. The number of nitrogens with two attached hydrogens (primary N) is 1. The maximum Gasteiger partial charge on any atom is 0.337 e. The molecule has 3 aromatic rings. The first-order valence-corrected chi connectivity index (χ1v) is 6.67. The van der Waals surface area contributed by atoms with E-state index in [1.807, 2.05) is 22.9 Å². The van der Waals surface area contributed by atoms with Crippen molar-refractivity contribution in [2.75, 3.05) is 12.8 Å². The Bertz CT molecular complexity index is 911. The largest absolute Gasteiger partial charge is 0.465 e. The van der Waals surface area contributed by atoms with Crippen LogP contribution in [0, 0.1) is 0 Å². The smallest absolute Gasteiger partial charge is 0.337 e. The van der Waals surface area contributed by atoms with E-state index in [1.165, 1.54) is 11.7 Å². The number of esters is 1. The predicted molar refractivity (Wildman–Crippen MR) is 84.3 cm³/mol. The second kappa shape index (κ2) is 5.07. The van der Waals surface area contributed by atoms with E-state index in [2.05, 4.69) is 0 Å². The highest BCUT2D eigenvalue weighted by Gasteiger charge is 2.10. The zero-order valence-electron chi connectivity index (χ0n) is 12.2. The number of aromatic nitrogens is 2. The van der Waals surface area contributed by atoms with Gasteiger partial charge >= 0.3 is 5.97 Å². The molecule has 0 radical (unpaired) electrons. The highest BCUT2D eigenvalue weighted by atomic mass is 16.5. The van der Waals surface area contributed by atoms with Crippen LogP contribution in [0.5, 0.6) is 0 Å². The molecular weight excluding hydrogens is 282 g/mol. The van der Waals surface area contributed by atoms with Crippen molar-refractivity contribution in [1.29, 1.82) is 0 Å². The van der Waals surface area contributed by atoms with E-state index in [1.54, 1.807) is 31.4 Å². The van der Waals surface area contributed by atoms with Crippen molar-refractivity contribution < 1.29 is 9.53 Å². The van der Waals surface area contributed by atoms with Crippen molar-refractivity contribution >= 4 is 22.6 Å². The molecule has 0 spiro atoms. The van der Waals surface area contributed by atoms with E-state index in [-0.39, 0.29) is 11.2 Å². The monoisotopic (exact) mass is 297 g/mol. The molecule has 0 aliphatic carbocycles. The molecule has 2 N–H and O–H groups in total. The van der Waals surface area contributed by atoms with Crippen LogP contribution in [0.15, 0.2) is 47.5 Å². The Morgan fingerprint density at radius 2 is 2.00 bits per heavy atom. The number of fused-ring (bicyclic) bond motifs is 1. The van der Waals surface area contributed by atoms with Crippen molar-refractivity contribution in [3.63, 3.8) is 0 Å². The number of nitrogens with zero attached hydrogens (tertiary/aromatic N) is 2. The standard InChI is InChI=1S/C16H15N3O3/c1-18-9-12(8-13(17)15(18)20)19-6-5-10-3-4-11(7-14(10)19)16(21)22-2/h3-9H,17H2,1-2H3. The first-order chi connectivity index (χ1) is 10.5. The molecule has 0 bridgehead atoms. The Labute approximate surface area is 126 Å². The lowest BCUT2D eigenvalue weighted by atomic mass is 10.1. The number of benzene rings is 1. The molecule has 2 heterocycles. The second-order valence-corrected chi connectivity index (χ2v) is 5.02. The van der Waals surface area contributed by atoms with Crippen LogP contribution in [0.25, 0.3) is 16.6 Å². The van der Waals surface area contributed by atoms with E-state index in [9.17, 15) is 9.59 Å². The highest BCUT2D eigenvalue weighted by molar-refractivity contribution is 5.95. The number of aryl methyl sites for hydroxylation is 1. The number of hydrogen-bond donors (Lipinski definition) is 1. The molecule has 0 amide bonds. The number of rotatable bonds is 2. The number of pyridine rings is 1. The van der Waals surface area contributed by atoms with Gasteiger partial charge in [-0.25, -0.2) is 4.79 Å². The fraction of sp³-hybridized carbons (Fsp3) is 0.125. The summed E-state index contributed by atoms with van der Waals surface area (Å²) in [5.41, 5.74) is 7.73. The third kappa shape index (κ3) is 2.14. The van der Waals surface area contributed by atoms with Crippen LogP contribution in [-0.2, 0) is 11.8 Å². The summed E-state index contributed by atoms with van der Waals surface area (Å²) in [7, 11) is 2.99. The van der Waals surface area contributed by atoms with Gasteiger partial charge in [0.15, 0.2) is 0 Å². The van der Waals surface area contributed by atoms with Gasteiger partial charge in [-0.15, -0.1) is 0 Å². The Morgan fingerprint density at radius 3 is 2.68 bits per heavy atom. The molecule has 3 rings (SSSR count). The molecule has 0 saturated heterocycles. The van der Waals surface area contributed by atoms with E-state index in [4.69, 9.17) is 10.5 Å². The first kappa shape index (κ1) is 13.9. The summed E-state index contributed by atoms with van der Waals surface area (Å²) in [5, 5.41) is 0.972. The van der Waals surface area contributed by atoms with Gasteiger partial charge in [0, 0.05) is 19.4 Å². The van der Waals surface area contributed by atoms with Crippen LogP contribution in [-0.4, -0.2) is 22.2 Å². The fourth-order valence-electron chi connectivity index (χ4n) is 2.45. The van der Waals surface area contributed by atoms with Gasteiger partial charge in [-0.2, -0.15) is 0 Å². The molecule has 0 atom stereocenters. The highest BCUT2D eigenvalue weighted by Crippen LogP contribution is 2.22. The van der Waals surface area contributed by atoms with Gasteiger partial charge in [-0.05, 0) is 29.7 Å². The summed E-state index contributed by atoms with van der Waals surface area (Å²) in [4.78, 5) is 23.4. The maximum atomic E-state index is 11.7. The summed E-state index contributed by atoms with van der Waals surface area (Å²) in [6.07, 6.45) is 3.56. The van der Waals surface area contributed by atoms with Crippen LogP contribution in [0.3, 0.4) is 0 Å². The summed E-state index contributed by atoms with van der Waals surface area (Å²) in [6.45, 7) is 0. The van der Waals surface area contributed by atoms with Gasteiger partial charge in [-0.3, -0.25) is 4.79 Å². The summed E-state index contributed by atoms with van der Waals surface area (Å²) >= 11 is 0. The zero-order valence-corrected chi connectivity index (χ0v) is 12.2. The number of ether oxygens (including phenoxy) is 1. The van der Waals surface area contributed by atoms with E-state index >= 15 is 0 Å². The lowest BCUT2D eigenvalue weighted by molar-refractivity contribution is 0.0601. The normalized spacial score (nSPS) is 10.8. The number of methoxy groups -OCH3 is 1. The Kier molecular flexibility index (Phi) is 3.21. The molecule has 6 heteroatoms. The fourth-order valence-corrected chi connectivity index (χ4v) is 2.45. The SMILES string of the molecule is COC(=O)c1ccc2ccn(-c3cc(N)c(=O)n(C)c3)c2c1. The molecule has 0 saturated carbocycles. The van der Waals surface area contributed by atoms with Crippen molar-refractivity contribution in [2.24, 2.45) is 7.05 Å². The van der Waals surface area contributed by atoms with Crippen molar-refractivity contribution in [1.82, 2.24) is 9.13 Å². The molecule has 6 nitrogen and oxygen atoms in total. The van der Waals surface area contributed by atoms with Gasteiger partial charge in [0.05, 0.1) is 29.6 Å². The van der Waals surface area contributed by atoms with Crippen molar-refractivity contribution in [2.45, 2.75) is 0 Å². The van der Waals surface area contributed by atoms with Gasteiger partial charge in [-0.1, -0.05) is 6.07 Å². The number of nitrogen functional groups attached to an aromatic ring is 1. The average molecular weight is 297 g/mol. The summed E-state index contributed by atoms with van der Waals surface area (Å²) in [6, 6.07) is 8.86. The third-order valence-electron chi connectivity index (χ3n) is 3.59. The molecule has 1 aromatic carbocycles. The molecule has 0 aliphatic heterocycles. The van der Waals surface area contributed by atoms with E-state index in [0.29, 0.717) is 5.56 Å². The van der Waals surface area contributed by atoms with Crippen molar-refractivity contribution in [3.05, 3.63) is 58.6 Å². The molecule has 0 unspecified atom stereocenters. The number of carbonyl (C=O) groups is 1. The predicted octanol–water partition coefficient (Wildman–Crippen LogP) is 1.70. The first-order valence-electron chi connectivity index (χ1n) is 6.67. The quantitative estimate of drug-likeness (QED) is 0.730. The second-order valence-electron chi connectivity index (χ2n) is 5.02. The van der Waals surface area contributed by atoms with E-state index in [0.717, 1.165) is 16.6 Å². The molecule has 0 fully saturated rings. The minimum Gasteiger partial charge on any atom is -0.465 e. The number of anilines is 1. The average Bonchev–Trinajstić information content (AvgIpc) is 2.94. The zero-order chi connectivity index (χ0) is 15.9. The minimum absolute atomic E-state index is 0.172. The molecular formula is C16H15N3O3. The maximum absolute atomic E-state index is 11.7. The Hall–Kier alpha value is -3.02. The van der Waals surface area contributed by atoms with Crippen LogP contribution in [0.4, 0.5) is 5.69 Å². The topological polar surface area (TPSA) is 79.2 Å². The molecule has 0 aliphatic rings. The molecule has 22 heavy (non-hydrogen) atoms.